The molecule has 0 spiro atoms. The van der Waals surface area contributed by atoms with Gasteiger partial charge in [-0.15, -0.1) is 24.0 Å². The Bertz CT molecular complexity index is 502. The lowest BCUT2D eigenvalue weighted by Gasteiger charge is -2.24. The van der Waals surface area contributed by atoms with Gasteiger partial charge < -0.3 is 15.0 Å². The highest BCUT2D eigenvalue weighted by molar-refractivity contribution is 14.0. The number of nitrogens with zero attached hydrogens (tertiary/aromatic N) is 2. The first-order valence-electron chi connectivity index (χ1n) is 7.72. The summed E-state index contributed by atoms with van der Waals surface area (Å²) in [6.45, 7) is 10.2. The van der Waals surface area contributed by atoms with E-state index < -0.39 is 0 Å². The summed E-state index contributed by atoms with van der Waals surface area (Å²) in [5.74, 6) is 1.93. The van der Waals surface area contributed by atoms with Gasteiger partial charge in [-0.2, -0.15) is 0 Å². The van der Waals surface area contributed by atoms with Gasteiger partial charge in [0.25, 0.3) is 0 Å². The zero-order valence-corrected chi connectivity index (χ0v) is 16.4. The molecule has 1 fully saturated rings. The van der Waals surface area contributed by atoms with E-state index in [0.717, 1.165) is 31.3 Å². The van der Waals surface area contributed by atoms with Crippen LogP contribution in [0.4, 0.5) is 0 Å². The molecule has 1 aromatic rings. The van der Waals surface area contributed by atoms with Crippen LogP contribution >= 0.6 is 24.0 Å². The number of aliphatic imine (C=N–C) groups is 1. The van der Waals surface area contributed by atoms with Gasteiger partial charge in [0, 0.05) is 32.2 Å². The first-order chi connectivity index (χ1) is 10.1. The van der Waals surface area contributed by atoms with Crippen molar-refractivity contribution in [2.75, 3.05) is 26.7 Å². The van der Waals surface area contributed by atoms with Crippen LogP contribution in [0, 0.1) is 5.41 Å². The number of hydrogen-bond acceptors (Lipinski definition) is 2. The first kappa shape index (κ1) is 19.1. The molecule has 124 valence electrons. The Morgan fingerprint density at radius 2 is 2.09 bits per heavy atom. The summed E-state index contributed by atoms with van der Waals surface area (Å²) >= 11 is 0. The van der Waals surface area contributed by atoms with Crippen LogP contribution < -0.4 is 10.1 Å². The average Bonchev–Trinajstić information content (AvgIpc) is 2.82. The van der Waals surface area contributed by atoms with E-state index in [1.165, 1.54) is 12.0 Å². The molecule has 0 unspecified atom stereocenters. The summed E-state index contributed by atoms with van der Waals surface area (Å²) in [4.78, 5) is 6.75. The van der Waals surface area contributed by atoms with Crippen molar-refractivity contribution in [2.24, 2.45) is 10.4 Å². The lowest BCUT2D eigenvalue weighted by atomic mass is 9.93. The van der Waals surface area contributed by atoms with Gasteiger partial charge in [0.15, 0.2) is 5.96 Å². The number of guanidine groups is 1. The molecule has 4 nitrogen and oxygen atoms in total. The molecule has 1 aromatic carbocycles. The summed E-state index contributed by atoms with van der Waals surface area (Å²) in [6, 6.07) is 8.16. The molecular weight excluding hydrogens is 389 g/mol. The Morgan fingerprint density at radius 1 is 1.36 bits per heavy atom. The summed E-state index contributed by atoms with van der Waals surface area (Å²) in [5, 5.41) is 3.46. The smallest absolute Gasteiger partial charge is 0.193 e. The second-order valence-electron chi connectivity index (χ2n) is 6.28. The number of ether oxygens (including phenoxy) is 1. The second-order valence-corrected chi connectivity index (χ2v) is 6.28. The monoisotopic (exact) mass is 417 g/mol. The predicted octanol–water partition coefficient (Wildman–Crippen LogP) is 3.51. The normalized spacial score (nSPS) is 17.1. The van der Waals surface area contributed by atoms with Crippen LogP contribution in [-0.2, 0) is 6.54 Å². The van der Waals surface area contributed by atoms with Gasteiger partial charge in [0.2, 0.25) is 0 Å². The first-order valence-corrected chi connectivity index (χ1v) is 7.72. The molecule has 5 heteroatoms. The molecule has 0 amide bonds. The van der Waals surface area contributed by atoms with Gasteiger partial charge in [-0.05, 0) is 24.8 Å². The molecule has 1 aliphatic heterocycles. The van der Waals surface area contributed by atoms with E-state index in [1.54, 1.807) is 0 Å². The number of para-hydroxylation sites is 1. The Morgan fingerprint density at radius 3 is 2.68 bits per heavy atom. The Labute approximate surface area is 151 Å². The van der Waals surface area contributed by atoms with E-state index in [2.05, 4.69) is 35.1 Å². The molecule has 2 rings (SSSR count). The van der Waals surface area contributed by atoms with Gasteiger partial charge in [-0.3, -0.25) is 4.99 Å². The quantitative estimate of drug-likeness (QED) is 0.463. The van der Waals surface area contributed by atoms with E-state index >= 15 is 0 Å². The van der Waals surface area contributed by atoms with E-state index in [1.807, 2.05) is 32.2 Å². The van der Waals surface area contributed by atoms with Crippen LogP contribution in [0.5, 0.6) is 5.75 Å². The van der Waals surface area contributed by atoms with Gasteiger partial charge in [0.1, 0.15) is 5.75 Å². The topological polar surface area (TPSA) is 36.9 Å². The Balaban J connectivity index is 0.00000242. The number of halogens is 1. The number of benzene rings is 1. The molecule has 1 heterocycles. The second kappa shape index (κ2) is 8.60. The summed E-state index contributed by atoms with van der Waals surface area (Å²) < 4.78 is 5.67. The lowest BCUT2D eigenvalue weighted by Crippen LogP contribution is -2.40. The van der Waals surface area contributed by atoms with Crippen molar-refractivity contribution < 1.29 is 4.74 Å². The largest absolute Gasteiger partial charge is 0.494 e. The highest BCUT2D eigenvalue weighted by Gasteiger charge is 2.30. The number of hydrogen-bond donors (Lipinski definition) is 1. The van der Waals surface area contributed by atoms with Crippen LogP contribution in [0.15, 0.2) is 29.3 Å². The zero-order valence-electron chi connectivity index (χ0n) is 14.1. The van der Waals surface area contributed by atoms with Crippen molar-refractivity contribution in [3.63, 3.8) is 0 Å². The molecule has 0 saturated carbocycles. The van der Waals surface area contributed by atoms with Crippen molar-refractivity contribution in [1.29, 1.82) is 0 Å². The molecule has 0 aliphatic carbocycles. The van der Waals surface area contributed by atoms with E-state index in [0.29, 0.717) is 12.0 Å². The van der Waals surface area contributed by atoms with Crippen molar-refractivity contribution in [1.82, 2.24) is 10.2 Å². The van der Waals surface area contributed by atoms with Crippen molar-refractivity contribution in [3.8, 4) is 5.75 Å². The van der Waals surface area contributed by atoms with E-state index in [4.69, 9.17) is 4.74 Å². The van der Waals surface area contributed by atoms with Crippen molar-refractivity contribution in [2.45, 2.75) is 33.7 Å². The minimum Gasteiger partial charge on any atom is -0.494 e. The summed E-state index contributed by atoms with van der Waals surface area (Å²) in [5.41, 5.74) is 1.54. The third kappa shape index (κ3) is 5.04. The fourth-order valence-electron chi connectivity index (χ4n) is 2.75. The van der Waals surface area contributed by atoms with Gasteiger partial charge in [-0.25, -0.2) is 0 Å². The van der Waals surface area contributed by atoms with Crippen LogP contribution in [0.3, 0.4) is 0 Å². The molecule has 0 bridgehead atoms. The van der Waals surface area contributed by atoms with Gasteiger partial charge >= 0.3 is 0 Å². The Hall–Kier alpha value is -0.980. The maximum Gasteiger partial charge on any atom is 0.193 e. The maximum atomic E-state index is 5.67. The fraction of sp³-hybridized carbons (Fsp3) is 0.588. The minimum atomic E-state index is 0. The maximum absolute atomic E-state index is 5.67. The standard InChI is InChI=1S/C17H27N3O.HI/c1-5-21-15-9-7-6-8-14(15)12-19-16(18-4)20-11-10-17(2,3)13-20;/h6-9H,5,10-13H2,1-4H3,(H,18,19);1H. The highest BCUT2D eigenvalue weighted by atomic mass is 127. The van der Waals surface area contributed by atoms with Gasteiger partial charge in [0.05, 0.1) is 6.61 Å². The zero-order chi connectivity index (χ0) is 15.3. The third-order valence-electron chi connectivity index (χ3n) is 3.90. The SMILES string of the molecule is CCOc1ccccc1CNC(=NC)N1CCC(C)(C)C1.I. The molecule has 1 saturated heterocycles. The van der Waals surface area contributed by atoms with Crippen LogP contribution in [0.25, 0.3) is 0 Å². The molecule has 1 aliphatic rings. The van der Waals surface area contributed by atoms with E-state index in [9.17, 15) is 0 Å². The van der Waals surface area contributed by atoms with Crippen LogP contribution in [0.1, 0.15) is 32.8 Å². The van der Waals surface area contributed by atoms with Crippen molar-refractivity contribution in [3.05, 3.63) is 29.8 Å². The predicted molar refractivity (Wildman–Crippen MR) is 103 cm³/mol. The summed E-state index contributed by atoms with van der Waals surface area (Å²) in [6.07, 6.45) is 1.21. The molecule has 1 N–H and O–H groups in total. The molecule has 0 aromatic heterocycles. The van der Waals surface area contributed by atoms with E-state index in [-0.39, 0.29) is 24.0 Å². The lowest BCUT2D eigenvalue weighted by molar-refractivity contribution is 0.335. The van der Waals surface area contributed by atoms with Crippen molar-refractivity contribution >= 4 is 29.9 Å². The van der Waals surface area contributed by atoms with Gasteiger partial charge in [-0.1, -0.05) is 32.0 Å². The minimum absolute atomic E-state index is 0. The highest BCUT2D eigenvalue weighted by Crippen LogP contribution is 2.28. The average molecular weight is 417 g/mol. The number of rotatable bonds is 4. The third-order valence-corrected chi connectivity index (χ3v) is 3.90. The number of nitrogens with one attached hydrogen (secondary N) is 1. The molecule has 0 radical (unpaired) electrons. The molecule has 0 atom stereocenters. The van der Waals surface area contributed by atoms with Crippen LogP contribution in [-0.4, -0.2) is 37.6 Å². The summed E-state index contributed by atoms with van der Waals surface area (Å²) in [7, 11) is 1.85. The molecular formula is C17H28IN3O. The Kier molecular flexibility index (Phi) is 7.45. The van der Waals surface area contributed by atoms with Crippen LogP contribution in [0.2, 0.25) is 0 Å². The number of likely N-dealkylation sites (tertiary alicyclic amines) is 1. The fourth-order valence-corrected chi connectivity index (χ4v) is 2.75. The molecule has 22 heavy (non-hydrogen) atoms.